The molecule has 106 valence electrons. The summed E-state index contributed by atoms with van der Waals surface area (Å²) >= 11 is 6.18. The average Bonchev–Trinajstić information content (AvgIpc) is 2.38. The average molecular weight is 313 g/mol. The van der Waals surface area contributed by atoms with Gasteiger partial charge in [-0.25, -0.2) is 13.2 Å². The summed E-state index contributed by atoms with van der Waals surface area (Å²) in [5, 5.41) is 9.15. The molecule has 1 aromatic carbocycles. The lowest BCUT2D eigenvalue weighted by Crippen LogP contribution is -2.38. The molecular weight excluding hydrogens is 300 g/mol. The van der Waals surface area contributed by atoms with Crippen molar-refractivity contribution in [3.63, 3.8) is 0 Å². The van der Waals surface area contributed by atoms with E-state index >= 15 is 0 Å². The summed E-state index contributed by atoms with van der Waals surface area (Å²) in [6.07, 6.45) is 3.74. The van der Waals surface area contributed by atoms with Crippen molar-refractivity contribution in [1.82, 2.24) is 0 Å². The summed E-state index contributed by atoms with van der Waals surface area (Å²) in [6, 6.07) is 9.14. The number of halogens is 1. The Labute approximate surface area is 122 Å². The van der Waals surface area contributed by atoms with Gasteiger partial charge in [-0.2, -0.15) is 0 Å². The Morgan fingerprint density at radius 3 is 2.35 bits per heavy atom. The SMILES string of the molecule is CS(=O)(=O)C1(Cl)CC(c2ccccc2)=CC=C1C(=O)O. The first kappa shape index (κ1) is 14.8. The first-order chi connectivity index (χ1) is 9.25. The second kappa shape index (κ2) is 5.07. The minimum atomic E-state index is -3.79. The molecule has 1 unspecified atom stereocenters. The number of rotatable bonds is 3. The lowest BCUT2D eigenvalue weighted by atomic mass is 9.92. The van der Waals surface area contributed by atoms with Gasteiger partial charge in [-0.05, 0) is 17.2 Å². The van der Waals surface area contributed by atoms with Crippen LogP contribution in [0.3, 0.4) is 0 Å². The monoisotopic (exact) mass is 312 g/mol. The van der Waals surface area contributed by atoms with Gasteiger partial charge in [-0.15, -0.1) is 0 Å². The lowest BCUT2D eigenvalue weighted by Gasteiger charge is -2.29. The molecule has 0 heterocycles. The minimum Gasteiger partial charge on any atom is -0.478 e. The van der Waals surface area contributed by atoms with Crippen LogP contribution in [0.15, 0.2) is 48.1 Å². The zero-order chi connectivity index (χ0) is 15.0. The number of carboxylic acid groups (broad SMARTS) is 1. The first-order valence-corrected chi connectivity index (χ1v) is 8.11. The van der Waals surface area contributed by atoms with E-state index in [1.54, 1.807) is 6.08 Å². The van der Waals surface area contributed by atoms with Crippen molar-refractivity contribution in [2.45, 2.75) is 10.6 Å². The maximum Gasteiger partial charge on any atom is 0.334 e. The van der Waals surface area contributed by atoms with Gasteiger partial charge in [0.2, 0.25) is 0 Å². The zero-order valence-electron chi connectivity index (χ0n) is 10.7. The highest BCUT2D eigenvalue weighted by molar-refractivity contribution is 7.93. The summed E-state index contributed by atoms with van der Waals surface area (Å²) in [5.74, 6) is -1.33. The van der Waals surface area contributed by atoms with Gasteiger partial charge in [0, 0.05) is 12.7 Å². The lowest BCUT2D eigenvalue weighted by molar-refractivity contribution is -0.132. The predicted molar refractivity (Wildman–Crippen MR) is 78.2 cm³/mol. The third-order valence-electron chi connectivity index (χ3n) is 3.23. The summed E-state index contributed by atoms with van der Waals surface area (Å²) in [4.78, 5) is 11.2. The highest BCUT2D eigenvalue weighted by Crippen LogP contribution is 2.43. The van der Waals surface area contributed by atoms with E-state index in [0.29, 0.717) is 5.57 Å². The van der Waals surface area contributed by atoms with E-state index in [1.165, 1.54) is 6.08 Å². The molecule has 6 heteroatoms. The number of aliphatic carboxylic acids is 1. The summed E-state index contributed by atoms with van der Waals surface area (Å²) in [7, 11) is -3.79. The highest BCUT2D eigenvalue weighted by Gasteiger charge is 2.47. The Hall–Kier alpha value is -1.59. The minimum absolute atomic E-state index is 0.0739. The number of carbonyl (C=O) groups is 1. The third kappa shape index (κ3) is 2.51. The molecule has 0 bridgehead atoms. The van der Waals surface area contributed by atoms with Crippen LogP contribution in [-0.4, -0.2) is 30.0 Å². The van der Waals surface area contributed by atoms with Crippen LogP contribution in [0.25, 0.3) is 5.57 Å². The van der Waals surface area contributed by atoms with Crippen LogP contribution in [0.5, 0.6) is 0 Å². The van der Waals surface area contributed by atoms with Crippen LogP contribution in [0.4, 0.5) is 0 Å². The molecule has 0 fully saturated rings. The molecule has 0 spiro atoms. The van der Waals surface area contributed by atoms with E-state index in [9.17, 15) is 13.2 Å². The number of benzene rings is 1. The van der Waals surface area contributed by atoms with Gasteiger partial charge >= 0.3 is 5.97 Å². The maximum atomic E-state index is 11.9. The maximum absolute atomic E-state index is 11.9. The molecule has 0 amide bonds. The van der Waals surface area contributed by atoms with E-state index < -0.39 is 20.0 Å². The summed E-state index contributed by atoms with van der Waals surface area (Å²) in [6.45, 7) is 0. The third-order valence-corrected chi connectivity index (χ3v) is 5.95. The fourth-order valence-electron chi connectivity index (χ4n) is 2.12. The molecule has 1 N–H and O–H groups in total. The van der Waals surface area contributed by atoms with Gasteiger partial charge in [0.1, 0.15) is 0 Å². The Morgan fingerprint density at radius 1 is 1.25 bits per heavy atom. The molecule has 4 nitrogen and oxygen atoms in total. The number of alkyl halides is 1. The number of hydrogen-bond acceptors (Lipinski definition) is 3. The molecule has 20 heavy (non-hydrogen) atoms. The van der Waals surface area contributed by atoms with Crippen molar-refractivity contribution >= 4 is 33.0 Å². The van der Waals surface area contributed by atoms with Crippen molar-refractivity contribution < 1.29 is 18.3 Å². The van der Waals surface area contributed by atoms with Crippen LogP contribution in [0, 0.1) is 0 Å². The van der Waals surface area contributed by atoms with Crippen molar-refractivity contribution in [3.8, 4) is 0 Å². The second-order valence-corrected chi connectivity index (χ2v) is 7.73. The van der Waals surface area contributed by atoms with E-state index in [2.05, 4.69) is 0 Å². The molecule has 0 radical (unpaired) electrons. The van der Waals surface area contributed by atoms with E-state index in [0.717, 1.165) is 11.8 Å². The van der Waals surface area contributed by atoms with Gasteiger partial charge < -0.3 is 5.11 Å². The number of allylic oxidation sites excluding steroid dienone is 3. The van der Waals surface area contributed by atoms with Crippen molar-refractivity contribution in [2.75, 3.05) is 6.26 Å². The van der Waals surface area contributed by atoms with Crippen LogP contribution in [0.2, 0.25) is 0 Å². The summed E-state index contributed by atoms with van der Waals surface area (Å²) in [5.41, 5.74) is 1.19. The molecule has 1 aliphatic rings. The summed E-state index contributed by atoms with van der Waals surface area (Å²) < 4.78 is 21.9. The molecular formula is C14H13ClO4S. The second-order valence-electron chi connectivity index (χ2n) is 4.62. The Bertz CT molecular complexity index is 704. The number of sulfone groups is 1. The van der Waals surface area contributed by atoms with Crippen LogP contribution >= 0.6 is 11.6 Å². The zero-order valence-corrected chi connectivity index (χ0v) is 12.3. The van der Waals surface area contributed by atoms with Gasteiger partial charge in [0.15, 0.2) is 14.0 Å². The van der Waals surface area contributed by atoms with Crippen LogP contribution in [-0.2, 0) is 14.6 Å². The van der Waals surface area contributed by atoms with Gasteiger partial charge in [-0.1, -0.05) is 48.0 Å². The van der Waals surface area contributed by atoms with Crippen molar-refractivity contribution in [2.24, 2.45) is 0 Å². The molecule has 0 saturated carbocycles. The Morgan fingerprint density at radius 2 is 1.85 bits per heavy atom. The van der Waals surface area contributed by atoms with E-state index in [4.69, 9.17) is 16.7 Å². The topological polar surface area (TPSA) is 71.4 Å². The predicted octanol–water partition coefficient (Wildman–Crippen LogP) is 2.46. The van der Waals surface area contributed by atoms with Gasteiger partial charge in [0.25, 0.3) is 0 Å². The van der Waals surface area contributed by atoms with Gasteiger partial charge in [-0.3, -0.25) is 0 Å². The fraction of sp³-hybridized carbons (Fsp3) is 0.214. The Kier molecular flexibility index (Phi) is 3.75. The van der Waals surface area contributed by atoms with E-state index in [-0.39, 0.29) is 12.0 Å². The molecule has 0 aliphatic heterocycles. The van der Waals surface area contributed by atoms with Crippen molar-refractivity contribution in [1.29, 1.82) is 0 Å². The quantitative estimate of drug-likeness (QED) is 0.870. The molecule has 1 aliphatic carbocycles. The molecule has 0 aromatic heterocycles. The van der Waals surface area contributed by atoms with Crippen LogP contribution < -0.4 is 0 Å². The van der Waals surface area contributed by atoms with Crippen LogP contribution in [0.1, 0.15) is 12.0 Å². The fourth-order valence-corrected chi connectivity index (χ4v) is 3.38. The largest absolute Gasteiger partial charge is 0.478 e. The molecule has 1 aromatic rings. The molecule has 0 saturated heterocycles. The first-order valence-electron chi connectivity index (χ1n) is 5.84. The normalized spacial score (nSPS) is 22.9. The highest BCUT2D eigenvalue weighted by atomic mass is 35.5. The van der Waals surface area contributed by atoms with Gasteiger partial charge in [0.05, 0.1) is 5.57 Å². The standard InChI is InChI=1S/C14H13ClO4S/c1-20(18,19)14(15)9-11(7-8-12(14)13(16)17)10-5-3-2-4-6-10/h2-8H,9H2,1H3,(H,16,17). The Balaban J connectivity index is 2.56. The van der Waals surface area contributed by atoms with Crippen molar-refractivity contribution in [3.05, 3.63) is 53.6 Å². The van der Waals surface area contributed by atoms with E-state index in [1.807, 2.05) is 30.3 Å². The number of carboxylic acids is 1. The smallest absolute Gasteiger partial charge is 0.334 e. The molecule has 2 rings (SSSR count). The molecule has 1 atom stereocenters. The number of hydrogen-bond donors (Lipinski definition) is 1.